The zero-order valence-electron chi connectivity index (χ0n) is 12.6. The summed E-state index contributed by atoms with van der Waals surface area (Å²) in [6.45, 7) is 5.17. The number of nitrogens with one attached hydrogen (secondary N) is 2. The molecule has 1 fully saturated rings. The molecule has 7 nitrogen and oxygen atoms in total. The summed E-state index contributed by atoms with van der Waals surface area (Å²) in [6.07, 6.45) is 3.82. The standard InChI is InChI=1S/C14H23N5O2/c1-11(18-6-4-3-5-7-18)10-16-14-9-12(19(20)21)8-13(15-2)17-14/h8-9,11H,3-7,10H2,1-2H3,(H2,15,16,17). The Morgan fingerprint density at radius 1 is 1.33 bits per heavy atom. The normalized spacial score (nSPS) is 17.2. The molecule has 1 aromatic heterocycles. The predicted molar refractivity (Wildman–Crippen MR) is 83.8 cm³/mol. The third-order valence-corrected chi connectivity index (χ3v) is 3.87. The number of hydrogen-bond donors (Lipinski definition) is 2. The fourth-order valence-electron chi connectivity index (χ4n) is 2.58. The molecule has 0 amide bonds. The second kappa shape index (κ2) is 7.21. The van der Waals surface area contributed by atoms with E-state index in [1.54, 1.807) is 7.05 Å². The van der Waals surface area contributed by atoms with Crippen LogP contribution in [0.3, 0.4) is 0 Å². The van der Waals surface area contributed by atoms with Crippen LogP contribution >= 0.6 is 0 Å². The lowest BCUT2D eigenvalue weighted by atomic mass is 10.1. The summed E-state index contributed by atoms with van der Waals surface area (Å²) in [7, 11) is 1.70. The summed E-state index contributed by atoms with van der Waals surface area (Å²) < 4.78 is 0. The minimum atomic E-state index is -0.401. The van der Waals surface area contributed by atoms with E-state index >= 15 is 0 Å². The minimum Gasteiger partial charge on any atom is -0.373 e. The Labute approximate surface area is 124 Å². The first-order chi connectivity index (χ1) is 10.1. The van der Waals surface area contributed by atoms with Gasteiger partial charge in [-0.3, -0.25) is 15.0 Å². The predicted octanol–water partition coefficient (Wildman–Crippen LogP) is 2.32. The van der Waals surface area contributed by atoms with Crippen molar-refractivity contribution in [3.63, 3.8) is 0 Å². The Hall–Kier alpha value is -1.89. The van der Waals surface area contributed by atoms with Crippen LogP contribution in [0, 0.1) is 10.1 Å². The third kappa shape index (κ3) is 4.29. The van der Waals surface area contributed by atoms with Gasteiger partial charge < -0.3 is 10.6 Å². The van der Waals surface area contributed by atoms with E-state index in [4.69, 9.17) is 0 Å². The van der Waals surface area contributed by atoms with Crippen LogP contribution in [0.2, 0.25) is 0 Å². The molecule has 1 atom stereocenters. The monoisotopic (exact) mass is 293 g/mol. The van der Waals surface area contributed by atoms with Crippen molar-refractivity contribution in [2.24, 2.45) is 0 Å². The highest BCUT2D eigenvalue weighted by Crippen LogP contribution is 2.20. The lowest BCUT2D eigenvalue weighted by Crippen LogP contribution is -2.41. The van der Waals surface area contributed by atoms with Gasteiger partial charge in [0.1, 0.15) is 11.6 Å². The van der Waals surface area contributed by atoms with Crippen LogP contribution in [0.5, 0.6) is 0 Å². The zero-order chi connectivity index (χ0) is 15.2. The summed E-state index contributed by atoms with van der Waals surface area (Å²) in [5.74, 6) is 1.04. The average molecular weight is 293 g/mol. The molecule has 1 unspecified atom stereocenters. The third-order valence-electron chi connectivity index (χ3n) is 3.87. The van der Waals surface area contributed by atoms with Crippen molar-refractivity contribution < 1.29 is 4.92 Å². The molecule has 7 heteroatoms. The highest BCUT2D eigenvalue weighted by atomic mass is 16.6. The fourth-order valence-corrected chi connectivity index (χ4v) is 2.58. The molecule has 116 valence electrons. The maximum atomic E-state index is 10.9. The van der Waals surface area contributed by atoms with Crippen molar-refractivity contribution >= 4 is 17.3 Å². The van der Waals surface area contributed by atoms with Crippen molar-refractivity contribution in [2.45, 2.75) is 32.2 Å². The Kier molecular flexibility index (Phi) is 5.32. The molecular formula is C14H23N5O2. The van der Waals surface area contributed by atoms with Crippen LogP contribution in [0.4, 0.5) is 17.3 Å². The van der Waals surface area contributed by atoms with Crippen LogP contribution < -0.4 is 10.6 Å². The van der Waals surface area contributed by atoms with Gasteiger partial charge in [-0.2, -0.15) is 0 Å². The summed E-state index contributed by atoms with van der Waals surface area (Å²) >= 11 is 0. The number of likely N-dealkylation sites (tertiary alicyclic amines) is 1. The second-order valence-corrected chi connectivity index (χ2v) is 5.43. The lowest BCUT2D eigenvalue weighted by molar-refractivity contribution is -0.384. The molecule has 2 rings (SSSR count). The Balaban J connectivity index is 1.98. The molecule has 0 saturated carbocycles. The molecule has 1 aromatic rings. The van der Waals surface area contributed by atoms with Crippen molar-refractivity contribution in [1.82, 2.24) is 9.88 Å². The highest BCUT2D eigenvalue weighted by molar-refractivity contribution is 5.54. The average Bonchev–Trinajstić information content (AvgIpc) is 2.53. The SMILES string of the molecule is CNc1cc([N+](=O)[O-])cc(NCC(C)N2CCCCC2)n1. The van der Waals surface area contributed by atoms with Gasteiger partial charge in [-0.1, -0.05) is 6.42 Å². The van der Waals surface area contributed by atoms with Gasteiger partial charge in [-0.25, -0.2) is 4.98 Å². The van der Waals surface area contributed by atoms with E-state index in [1.807, 2.05) is 0 Å². The van der Waals surface area contributed by atoms with Gasteiger partial charge in [0.15, 0.2) is 0 Å². The number of nitrogens with zero attached hydrogens (tertiary/aromatic N) is 3. The first-order valence-corrected chi connectivity index (χ1v) is 7.42. The van der Waals surface area contributed by atoms with Crippen LogP contribution in [-0.4, -0.2) is 47.5 Å². The maximum Gasteiger partial charge on any atom is 0.276 e. The van der Waals surface area contributed by atoms with Crippen molar-refractivity contribution in [3.8, 4) is 0 Å². The van der Waals surface area contributed by atoms with Gasteiger partial charge in [-0.15, -0.1) is 0 Å². The Morgan fingerprint density at radius 2 is 2.00 bits per heavy atom. The number of rotatable bonds is 6. The number of piperidine rings is 1. The van der Waals surface area contributed by atoms with E-state index < -0.39 is 4.92 Å². The van der Waals surface area contributed by atoms with E-state index in [2.05, 4.69) is 27.4 Å². The first kappa shape index (κ1) is 15.5. The van der Waals surface area contributed by atoms with Gasteiger partial charge >= 0.3 is 0 Å². The van der Waals surface area contributed by atoms with Crippen molar-refractivity contribution in [2.75, 3.05) is 37.3 Å². The molecule has 0 bridgehead atoms. The lowest BCUT2D eigenvalue weighted by Gasteiger charge is -2.32. The fraction of sp³-hybridized carbons (Fsp3) is 0.643. The smallest absolute Gasteiger partial charge is 0.276 e. The first-order valence-electron chi connectivity index (χ1n) is 7.42. The zero-order valence-corrected chi connectivity index (χ0v) is 12.6. The number of hydrogen-bond acceptors (Lipinski definition) is 6. The van der Waals surface area contributed by atoms with Gasteiger partial charge in [-0.05, 0) is 32.9 Å². The Bertz CT molecular complexity index is 488. The molecule has 2 N–H and O–H groups in total. The van der Waals surface area contributed by atoms with Crippen LogP contribution in [0.1, 0.15) is 26.2 Å². The molecule has 21 heavy (non-hydrogen) atoms. The molecule has 0 radical (unpaired) electrons. The molecule has 0 aliphatic carbocycles. The maximum absolute atomic E-state index is 10.9. The highest BCUT2D eigenvalue weighted by Gasteiger charge is 2.17. The molecule has 0 aromatic carbocycles. The van der Waals surface area contributed by atoms with E-state index in [1.165, 1.54) is 31.4 Å². The molecule has 1 aliphatic rings. The number of anilines is 2. The van der Waals surface area contributed by atoms with Gasteiger partial charge in [0.25, 0.3) is 5.69 Å². The van der Waals surface area contributed by atoms with E-state index in [0.717, 1.165) is 19.6 Å². The number of nitro groups is 1. The number of pyridine rings is 1. The topological polar surface area (TPSA) is 83.3 Å². The van der Waals surface area contributed by atoms with E-state index in [9.17, 15) is 10.1 Å². The van der Waals surface area contributed by atoms with Crippen LogP contribution in [0.15, 0.2) is 12.1 Å². The summed E-state index contributed by atoms with van der Waals surface area (Å²) in [5.41, 5.74) is 0.0440. The molecule has 1 saturated heterocycles. The van der Waals surface area contributed by atoms with E-state index in [0.29, 0.717) is 17.7 Å². The van der Waals surface area contributed by atoms with Crippen LogP contribution in [-0.2, 0) is 0 Å². The summed E-state index contributed by atoms with van der Waals surface area (Å²) in [6, 6.07) is 3.30. The largest absolute Gasteiger partial charge is 0.373 e. The summed E-state index contributed by atoms with van der Waals surface area (Å²) in [5, 5.41) is 17.0. The molecular weight excluding hydrogens is 270 g/mol. The Morgan fingerprint density at radius 3 is 2.62 bits per heavy atom. The molecule has 2 heterocycles. The van der Waals surface area contributed by atoms with E-state index in [-0.39, 0.29) is 5.69 Å². The minimum absolute atomic E-state index is 0.0440. The molecule has 0 spiro atoms. The quantitative estimate of drug-likeness (QED) is 0.618. The van der Waals surface area contributed by atoms with Crippen LogP contribution in [0.25, 0.3) is 0 Å². The summed E-state index contributed by atoms with van der Waals surface area (Å²) in [4.78, 5) is 17.3. The second-order valence-electron chi connectivity index (χ2n) is 5.43. The van der Waals surface area contributed by atoms with Gasteiger partial charge in [0.05, 0.1) is 17.1 Å². The van der Waals surface area contributed by atoms with Gasteiger partial charge in [0.2, 0.25) is 0 Å². The number of aromatic nitrogens is 1. The van der Waals surface area contributed by atoms with Crippen molar-refractivity contribution in [3.05, 3.63) is 22.2 Å². The van der Waals surface area contributed by atoms with Crippen molar-refractivity contribution in [1.29, 1.82) is 0 Å². The molecule has 1 aliphatic heterocycles. The van der Waals surface area contributed by atoms with Gasteiger partial charge in [0, 0.05) is 19.6 Å².